The molecule has 2 N–H and O–H groups in total. The van der Waals surface area contributed by atoms with E-state index in [-0.39, 0.29) is 6.10 Å². The minimum atomic E-state index is -0.225. The molecule has 1 atom stereocenters. The quantitative estimate of drug-likeness (QED) is 0.725. The first kappa shape index (κ1) is 13.9. The summed E-state index contributed by atoms with van der Waals surface area (Å²) < 4.78 is 0. The molecule has 3 nitrogen and oxygen atoms in total. The lowest BCUT2D eigenvalue weighted by Gasteiger charge is -2.37. The van der Waals surface area contributed by atoms with Gasteiger partial charge in [0.25, 0.3) is 0 Å². The highest BCUT2D eigenvalue weighted by atomic mass is 16.3. The summed E-state index contributed by atoms with van der Waals surface area (Å²) in [5.41, 5.74) is 0. The molecular formula is C13H28N2O. The minimum Gasteiger partial charge on any atom is -0.392 e. The summed E-state index contributed by atoms with van der Waals surface area (Å²) in [6.45, 7) is 9.56. The van der Waals surface area contributed by atoms with Crippen molar-refractivity contribution in [1.82, 2.24) is 10.2 Å². The molecule has 0 bridgehead atoms. The van der Waals surface area contributed by atoms with Gasteiger partial charge >= 0.3 is 0 Å². The van der Waals surface area contributed by atoms with Gasteiger partial charge in [0.15, 0.2) is 0 Å². The Morgan fingerprint density at radius 1 is 1.25 bits per heavy atom. The van der Waals surface area contributed by atoms with Gasteiger partial charge in [0, 0.05) is 18.6 Å². The Morgan fingerprint density at radius 3 is 2.25 bits per heavy atom. The molecule has 1 aliphatic rings. The number of aliphatic hydroxyl groups is 1. The summed E-state index contributed by atoms with van der Waals surface area (Å²) in [7, 11) is 0. The van der Waals surface area contributed by atoms with Gasteiger partial charge in [0.05, 0.1) is 6.10 Å². The molecule has 0 amide bonds. The van der Waals surface area contributed by atoms with Crippen molar-refractivity contribution in [3.8, 4) is 0 Å². The first-order chi connectivity index (χ1) is 7.67. The molecule has 0 aromatic carbocycles. The van der Waals surface area contributed by atoms with E-state index in [4.69, 9.17) is 0 Å². The van der Waals surface area contributed by atoms with Crippen LogP contribution in [0.5, 0.6) is 0 Å². The van der Waals surface area contributed by atoms with Crippen LogP contribution in [0.1, 0.15) is 46.5 Å². The Labute approximate surface area is 100 Å². The van der Waals surface area contributed by atoms with Gasteiger partial charge in [-0.1, -0.05) is 13.8 Å². The van der Waals surface area contributed by atoms with Gasteiger partial charge < -0.3 is 15.3 Å². The third kappa shape index (κ3) is 4.40. The molecular weight excluding hydrogens is 200 g/mol. The van der Waals surface area contributed by atoms with Crippen LogP contribution in [0.2, 0.25) is 0 Å². The molecule has 1 saturated heterocycles. The highest BCUT2D eigenvalue weighted by molar-refractivity contribution is 4.81. The molecule has 0 spiro atoms. The Kier molecular flexibility index (Phi) is 6.32. The van der Waals surface area contributed by atoms with E-state index in [2.05, 4.69) is 24.1 Å². The predicted molar refractivity (Wildman–Crippen MR) is 68.6 cm³/mol. The fourth-order valence-corrected chi connectivity index (χ4v) is 2.61. The molecule has 1 rings (SSSR count). The zero-order valence-electron chi connectivity index (χ0n) is 11.1. The average Bonchev–Trinajstić information content (AvgIpc) is 2.29. The van der Waals surface area contributed by atoms with Crippen LogP contribution in [0.4, 0.5) is 0 Å². The van der Waals surface area contributed by atoms with Gasteiger partial charge in [-0.25, -0.2) is 0 Å². The van der Waals surface area contributed by atoms with Gasteiger partial charge in [-0.15, -0.1) is 0 Å². The smallest absolute Gasteiger partial charge is 0.0636 e. The maximum absolute atomic E-state index is 9.23. The monoisotopic (exact) mass is 228 g/mol. The summed E-state index contributed by atoms with van der Waals surface area (Å²) in [6, 6.07) is 1.39. The predicted octanol–water partition coefficient (Wildman–Crippen LogP) is 1.61. The van der Waals surface area contributed by atoms with Gasteiger partial charge in [0.1, 0.15) is 0 Å². The summed E-state index contributed by atoms with van der Waals surface area (Å²) in [6.07, 6.45) is 4.76. The van der Waals surface area contributed by atoms with Crippen LogP contribution >= 0.6 is 0 Å². The van der Waals surface area contributed by atoms with Crippen LogP contribution < -0.4 is 5.32 Å². The normalized spacial score (nSPS) is 21.6. The Morgan fingerprint density at radius 2 is 1.81 bits per heavy atom. The highest BCUT2D eigenvalue weighted by Gasteiger charge is 2.22. The molecule has 0 radical (unpaired) electrons. The Bertz CT molecular complexity index is 173. The molecule has 96 valence electrons. The molecule has 0 aromatic heterocycles. The van der Waals surface area contributed by atoms with E-state index < -0.39 is 0 Å². The lowest BCUT2D eigenvalue weighted by atomic mass is 10.0. The molecule has 0 saturated carbocycles. The summed E-state index contributed by atoms with van der Waals surface area (Å²) in [5, 5.41) is 12.7. The van der Waals surface area contributed by atoms with Crippen molar-refractivity contribution >= 4 is 0 Å². The molecule has 3 heteroatoms. The summed E-state index contributed by atoms with van der Waals surface area (Å²) >= 11 is 0. The SMILES string of the molecule is CCC(CC)N1CCC(NC[C@H](C)O)CC1. The third-order valence-electron chi connectivity index (χ3n) is 3.69. The van der Waals surface area contributed by atoms with E-state index in [0.29, 0.717) is 6.04 Å². The number of nitrogens with one attached hydrogen (secondary N) is 1. The molecule has 0 aliphatic carbocycles. The zero-order valence-corrected chi connectivity index (χ0v) is 11.1. The van der Waals surface area contributed by atoms with Crippen molar-refractivity contribution in [3.05, 3.63) is 0 Å². The Balaban J connectivity index is 2.22. The second-order valence-corrected chi connectivity index (χ2v) is 5.04. The maximum Gasteiger partial charge on any atom is 0.0636 e. The van der Waals surface area contributed by atoms with Gasteiger partial charge in [-0.05, 0) is 45.7 Å². The first-order valence-electron chi connectivity index (χ1n) is 6.82. The number of rotatable bonds is 6. The number of likely N-dealkylation sites (tertiary alicyclic amines) is 1. The second kappa shape index (κ2) is 7.25. The molecule has 16 heavy (non-hydrogen) atoms. The molecule has 0 aromatic rings. The van der Waals surface area contributed by atoms with Gasteiger partial charge in [0.2, 0.25) is 0 Å². The van der Waals surface area contributed by atoms with Crippen molar-refractivity contribution < 1.29 is 5.11 Å². The number of piperidine rings is 1. The van der Waals surface area contributed by atoms with Crippen molar-refractivity contribution in [2.24, 2.45) is 0 Å². The third-order valence-corrected chi connectivity index (χ3v) is 3.69. The largest absolute Gasteiger partial charge is 0.392 e. The van der Waals surface area contributed by atoms with Crippen LogP contribution in [0.15, 0.2) is 0 Å². The lowest BCUT2D eigenvalue weighted by Crippen LogP contribution is -2.47. The standard InChI is InChI=1S/C13H28N2O/c1-4-13(5-2)15-8-6-12(7-9-15)14-10-11(3)16/h11-14,16H,4-10H2,1-3H3/t11-/m0/s1. The summed E-state index contributed by atoms with van der Waals surface area (Å²) in [5.74, 6) is 0. The van der Waals surface area contributed by atoms with E-state index >= 15 is 0 Å². The van der Waals surface area contributed by atoms with Gasteiger partial charge in [-0.3, -0.25) is 0 Å². The van der Waals surface area contributed by atoms with Crippen LogP contribution in [0.3, 0.4) is 0 Å². The second-order valence-electron chi connectivity index (χ2n) is 5.04. The number of nitrogens with zero attached hydrogens (tertiary/aromatic N) is 1. The van der Waals surface area contributed by atoms with Crippen LogP contribution in [-0.2, 0) is 0 Å². The zero-order chi connectivity index (χ0) is 12.0. The van der Waals surface area contributed by atoms with Crippen molar-refractivity contribution in [3.63, 3.8) is 0 Å². The lowest BCUT2D eigenvalue weighted by molar-refractivity contribution is 0.126. The topological polar surface area (TPSA) is 35.5 Å². The van der Waals surface area contributed by atoms with Crippen LogP contribution in [0.25, 0.3) is 0 Å². The molecule has 1 fully saturated rings. The van der Waals surface area contributed by atoms with E-state index in [1.165, 1.54) is 38.8 Å². The fourth-order valence-electron chi connectivity index (χ4n) is 2.61. The van der Waals surface area contributed by atoms with E-state index in [1.54, 1.807) is 0 Å². The van der Waals surface area contributed by atoms with Crippen molar-refractivity contribution in [1.29, 1.82) is 0 Å². The van der Waals surface area contributed by atoms with E-state index in [1.807, 2.05) is 6.92 Å². The van der Waals surface area contributed by atoms with Gasteiger partial charge in [-0.2, -0.15) is 0 Å². The first-order valence-corrected chi connectivity index (χ1v) is 6.82. The van der Waals surface area contributed by atoms with Crippen molar-refractivity contribution in [2.45, 2.75) is 64.6 Å². The van der Waals surface area contributed by atoms with E-state index in [9.17, 15) is 5.11 Å². The van der Waals surface area contributed by atoms with Crippen LogP contribution in [0, 0.1) is 0 Å². The van der Waals surface area contributed by atoms with Crippen molar-refractivity contribution in [2.75, 3.05) is 19.6 Å². The van der Waals surface area contributed by atoms with Crippen LogP contribution in [-0.4, -0.2) is 47.8 Å². The molecule has 1 aliphatic heterocycles. The number of hydrogen-bond donors (Lipinski definition) is 2. The number of hydrogen-bond acceptors (Lipinski definition) is 3. The Hall–Kier alpha value is -0.120. The molecule has 1 heterocycles. The summed E-state index contributed by atoms with van der Waals surface area (Å²) in [4.78, 5) is 2.63. The van der Waals surface area contributed by atoms with E-state index in [0.717, 1.165) is 12.6 Å². The maximum atomic E-state index is 9.23. The average molecular weight is 228 g/mol. The number of aliphatic hydroxyl groups excluding tert-OH is 1. The minimum absolute atomic E-state index is 0.225. The molecule has 0 unspecified atom stereocenters. The highest BCUT2D eigenvalue weighted by Crippen LogP contribution is 2.16. The fraction of sp³-hybridized carbons (Fsp3) is 1.00.